The molecule has 0 amide bonds. The number of hydrogen-bond acceptors (Lipinski definition) is 0. The van der Waals surface area contributed by atoms with Gasteiger partial charge in [-0.3, -0.25) is 0 Å². The van der Waals surface area contributed by atoms with Gasteiger partial charge in [0.15, 0.2) is 0 Å². The molecule has 0 nitrogen and oxygen atoms in total. The maximum absolute atomic E-state index is 2.40. The topological polar surface area (TPSA) is 0 Å². The van der Waals surface area contributed by atoms with Crippen molar-refractivity contribution in [3.63, 3.8) is 0 Å². The Bertz CT molecular complexity index is 1470. The van der Waals surface area contributed by atoms with E-state index in [2.05, 4.69) is 298 Å². The molecule has 0 saturated heterocycles. The van der Waals surface area contributed by atoms with Gasteiger partial charge in [0.2, 0.25) is 0 Å². The van der Waals surface area contributed by atoms with Gasteiger partial charge in [-0.1, -0.05) is 555 Å². The molecule has 0 rings (SSSR count). The fourth-order valence-electron chi connectivity index (χ4n) is 14.4. The highest BCUT2D eigenvalue weighted by Crippen LogP contribution is 2.29. The van der Waals surface area contributed by atoms with Gasteiger partial charge in [0.1, 0.15) is 0 Å². The molecule has 14 unspecified atom stereocenters. The summed E-state index contributed by atoms with van der Waals surface area (Å²) in [7, 11) is 0. The lowest BCUT2D eigenvalue weighted by Crippen LogP contribution is -2.09. The molecule has 0 radical (unpaired) electrons. The highest BCUT2D eigenvalue weighted by atomic mass is 14.2. The minimum Gasteiger partial charge on any atom is -0.0654 e. The SMILES string of the molecule is CC(C)C(C)CCC(C)C(C)C.CCC(C)C(C)CCCC(C)C.CCC(C)CCCC(C)C(C)C.CCC(CCCC(C)C)C(C)C.CCC(CCCC(C)C)C(C)C.CCCC(C)CCC(C)C(C)C.CCCC(C)CCCC(C)CC.CCCC(CC)CCCC(C)C.CCCC(CC)CCCC(C)C. The Kier molecular flexibility index (Phi) is 106. The van der Waals surface area contributed by atoms with Crippen LogP contribution in [0, 0.1) is 148 Å². The molecule has 0 aliphatic rings. The van der Waals surface area contributed by atoms with Crippen LogP contribution in [0.1, 0.15) is 555 Å². The summed E-state index contributed by atoms with van der Waals surface area (Å²) in [5.41, 5.74) is 0. The third kappa shape index (κ3) is 104. The first-order valence-corrected chi connectivity index (χ1v) is 50.4. The van der Waals surface area contributed by atoms with Gasteiger partial charge in [0, 0.05) is 0 Å². The van der Waals surface area contributed by atoms with Gasteiger partial charge in [0.25, 0.3) is 0 Å². The van der Waals surface area contributed by atoms with Crippen LogP contribution in [0.3, 0.4) is 0 Å². The predicted octanol–water partition coefficient (Wildman–Crippen LogP) is 40.7. The molecule has 666 valence electrons. The molecule has 0 aliphatic carbocycles. The summed E-state index contributed by atoms with van der Waals surface area (Å²) in [6, 6.07) is 0. The molecule has 0 saturated carbocycles. The van der Waals surface area contributed by atoms with E-state index in [0.717, 1.165) is 148 Å². The zero-order chi connectivity index (χ0) is 85.7. The van der Waals surface area contributed by atoms with Gasteiger partial charge in [-0.2, -0.15) is 0 Å². The lowest BCUT2D eigenvalue weighted by Gasteiger charge is -2.20. The minimum atomic E-state index is 0.851. The fourth-order valence-corrected chi connectivity index (χ4v) is 14.4. The van der Waals surface area contributed by atoms with Crippen LogP contribution in [-0.2, 0) is 0 Å². The largest absolute Gasteiger partial charge is 0.0654 e. The summed E-state index contributed by atoms with van der Waals surface area (Å²) in [4.78, 5) is 0. The first-order valence-electron chi connectivity index (χ1n) is 50.4. The third-order valence-corrected chi connectivity index (χ3v) is 26.5. The van der Waals surface area contributed by atoms with Crippen LogP contribution in [0.2, 0.25) is 0 Å². The zero-order valence-electron chi connectivity index (χ0n) is 85.7. The van der Waals surface area contributed by atoms with Crippen LogP contribution in [0.5, 0.6) is 0 Å². The van der Waals surface area contributed by atoms with Crippen LogP contribution in [-0.4, -0.2) is 0 Å². The van der Waals surface area contributed by atoms with Crippen molar-refractivity contribution in [3.8, 4) is 0 Å². The van der Waals surface area contributed by atoms with Crippen LogP contribution >= 0.6 is 0 Å². The Labute approximate surface area is 698 Å². The molecular formula is C108H234. The quantitative estimate of drug-likeness (QED) is 0.0569. The van der Waals surface area contributed by atoms with E-state index < -0.39 is 0 Å². The molecule has 0 N–H and O–H groups in total. The number of hydrogen-bond donors (Lipinski definition) is 0. The van der Waals surface area contributed by atoms with E-state index in [4.69, 9.17) is 0 Å². The Morgan fingerprint density at radius 2 is 0.370 bits per heavy atom. The van der Waals surface area contributed by atoms with Crippen LogP contribution in [0.4, 0.5) is 0 Å². The van der Waals surface area contributed by atoms with E-state index >= 15 is 0 Å². The van der Waals surface area contributed by atoms with Gasteiger partial charge < -0.3 is 0 Å². The smallest absolute Gasteiger partial charge is 0.0394 e. The Morgan fingerprint density at radius 3 is 0.611 bits per heavy atom. The van der Waals surface area contributed by atoms with E-state index in [1.165, 1.54) is 257 Å². The molecule has 0 aromatic carbocycles. The maximum atomic E-state index is 2.40. The van der Waals surface area contributed by atoms with Gasteiger partial charge in [-0.15, -0.1) is 0 Å². The summed E-state index contributed by atoms with van der Waals surface area (Å²) in [5.74, 6) is 22.8. The molecule has 0 spiro atoms. The molecule has 0 heteroatoms. The molecule has 0 bridgehead atoms. The molecule has 0 aromatic rings. The van der Waals surface area contributed by atoms with Crippen LogP contribution < -0.4 is 0 Å². The summed E-state index contributed by atoms with van der Waals surface area (Å²) in [6.07, 6.45) is 56.3. The van der Waals surface area contributed by atoms with E-state index in [0.29, 0.717) is 0 Å². The van der Waals surface area contributed by atoms with Gasteiger partial charge in [-0.05, 0) is 148 Å². The number of rotatable bonds is 56. The normalized spacial score (nSPS) is 15.4. The van der Waals surface area contributed by atoms with Crippen molar-refractivity contribution in [1.82, 2.24) is 0 Å². The highest BCUT2D eigenvalue weighted by Gasteiger charge is 2.16. The Hall–Kier alpha value is 0. The van der Waals surface area contributed by atoms with Crippen molar-refractivity contribution in [2.75, 3.05) is 0 Å². The van der Waals surface area contributed by atoms with E-state index in [1.807, 2.05) is 0 Å². The predicted molar refractivity (Wildman–Crippen MR) is 516 cm³/mol. The van der Waals surface area contributed by atoms with Crippen molar-refractivity contribution in [2.24, 2.45) is 148 Å². The van der Waals surface area contributed by atoms with Crippen LogP contribution in [0.25, 0.3) is 0 Å². The van der Waals surface area contributed by atoms with Crippen molar-refractivity contribution >= 4 is 0 Å². The first kappa shape index (κ1) is 126. The molecule has 0 heterocycles. The van der Waals surface area contributed by atoms with E-state index in [-0.39, 0.29) is 0 Å². The van der Waals surface area contributed by atoms with Crippen molar-refractivity contribution in [3.05, 3.63) is 0 Å². The molecule has 0 aliphatic heterocycles. The second kappa shape index (κ2) is 90.9. The molecule has 0 aromatic heterocycles. The monoisotopic (exact) mass is 1530 g/mol. The maximum Gasteiger partial charge on any atom is -0.0394 e. The second-order valence-electron chi connectivity index (χ2n) is 41.7. The zero-order valence-corrected chi connectivity index (χ0v) is 85.7. The van der Waals surface area contributed by atoms with Crippen molar-refractivity contribution in [2.45, 2.75) is 555 Å². The Morgan fingerprint density at radius 1 is 0.139 bits per heavy atom. The fraction of sp³-hybridized carbons (Fsp3) is 1.00. The van der Waals surface area contributed by atoms with Gasteiger partial charge in [0.05, 0.1) is 0 Å². The molecule has 0 fully saturated rings. The van der Waals surface area contributed by atoms with Gasteiger partial charge >= 0.3 is 0 Å². The molecule has 14 atom stereocenters. The first-order chi connectivity index (χ1) is 50.4. The summed E-state index contributed by atoms with van der Waals surface area (Å²) >= 11 is 0. The second-order valence-corrected chi connectivity index (χ2v) is 41.7. The molecule has 108 heavy (non-hydrogen) atoms. The van der Waals surface area contributed by atoms with E-state index in [9.17, 15) is 0 Å². The van der Waals surface area contributed by atoms with Crippen molar-refractivity contribution in [1.29, 1.82) is 0 Å². The standard InChI is InChI=1S/9C12H26/c1-9(2)11(5)7-8-12(6)10(3)4;1-6-11(4)8-7-9-12(5)10(2)3;1-6-11(4)12(5)9-7-8-10(2)3;2*1-6-12(11(4)5)9-7-8-10(2)3;1-6-7-11(4)8-9-12(5)10(2)3;1-5-8-12(4)10-7-9-11(3)6-2;2*1-5-8-12(6-2)10-7-9-11(3)4/h9-12H,7-8H2,1-6H3;5*10-12H,6-9H2,1-5H3;3*11-12H,5-10H2,1-4H3. The summed E-state index contributed by atoms with van der Waals surface area (Å²) in [6.45, 7) is 100. The highest BCUT2D eigenvalue weighted by molar-refractivity contribution is 4.68. The Balaban J connectivity index is -0.000000146. The third-order valence-electron chi connectivity index (χ3n) is 26.5. The van der Waals surface area contributed by atoms with Crippen LogP contribution in [0.15, 0.2) is 0 Å². The van der Waals surface area contributed by atoms with Gasteiger partial charge in [-0.25, -0.2) is 0 Å². The lowest BCUT2D eigenvalue weighted by atomic mass is 9.86. The molecular weight excluding hydrogens is 1300 g/mol. The van der Waals surface area contributed by atoms with E-state index in [1.54, 1.807) is 0 Å². The van der Waals surface area contributed by atoms with Crippen molar-refractivity contribution < 1.29 is 0 Å². The minimum absolute atomic E-state index is 0.851. The summed E-state index contributed by atoms with van der Waals surface area (Å²) in [5, 5.41) is 0. The summed E-state index contributed by atoms with van der Waals surface area (Å²) < 4.78 is 0. The lowest BCUT2D eigenvalue weighted by molar-refractivity contribution is 0.312. The average molecular weight is 1530 g/mol. The average Bonchev–Trinajstić information content (AvgIpc) is 1.09.